The summed E-state index contributed by atoms with van der Waals surface area (Å²) in [5.74, 6) is -0.0452. The topological polar surface area (TPSA) is 41.6 Å². The zero-order chi connectivity index (χ0) is 13.5. The van der Waals surface area contributed by atoms with Crippen molar-refractivity contribution in [3.63, 3.8) is 0 Å². The average molecular weight is 268 g/mol. The SMILES string of the molecule is CCCCOC(=O)CN(CC1CCCCN1)C1CC1. The van der Waals surface area contributed by atoms with Crippen molar-refractivity contribution < 1.29 is 9.53 Å². The summed E-state index contributed by atoms with van der Waals surface area (Å²) in [4.78, 5) is 14.1. The molecule has 0 amide bonds. The van der Waals surface area contributed by atoms with Crippen molar-refractivity contribution in [3.05, 3.63) is 0 Å². The van der Waals surface area contributed by atoms with Crippen molar-refractivity contribution in [3.8, 4) is 0 Å². The fourth-order valence-corrected chi connectivity index (χ4v) is 2.69. The Kier molecular flexibility index (Phi) is 6.11. The van der Waals surface area contributed by atoms with Gasteiger partial charge in [0, 0.05) is 18.6 Å². The lowest BCUT2D eigenvalue weighted by molar-refractivity contribution is -0.145. The van der Waals surface area contributed by atoms with Crippen molar-refractivity contribution in [1.82, 2.24) is 10.2 Å². The highest BCUT2D eigenvalue weighted by Gasteiger charge is 2.32. The largest absolute Gasteiger partial charge is 0.465 e. The highest BCUT2D eigenvalue weighted by Crippen LogP contribution is 2.27. The van der Waals surface area contributed by atoms with Crippen LogP contribution >= 0.6 is 0 Å². The second kappa shape index (κ2) is 7.85. The van der Waals surface area contributed by atoms with E-state index in [0.717, 1.165) is 25.9 Å². The first kappa shape index (κ1) is 14.8. The number of unbranched alkanes of at least 4 members (excludes halogenated alkanes) is 1. The van der Waals surface area contributed by atoms with Crippen molar-refractivity contribution in [2.24, 2.45) is 0 Å². The molecule has 1 aliphatic heterocycles. The van der Waals surface area contributed by atoms with Crippen LogP contribution in [0, 0.1) is 0 Å². The molecule has 1 saturated carbocycles. The van der Waals surface area contributed by atoms with Crippen LogP contribution in [-0.4, -0.2) is 49.2 Å². The van der Waals surface area contributed by atoms with E-state index < -0.39 is 0 Å². The second-order valence-corrected chi connectivity index (χ2v) is 5.88. The molecule has 1 N–H and O–H groups in total. The number of ether oxygens (including phenoxy) is 1. The second-order valence-electron chi connectivity index (χ2n) is 5.88. The first-order valence-corrected chi connectivity index (χ1v) is 7.92. The lowest BCUT2D eigenvalue weighted by Gasteiger charge is -2.30. The summed E-state index contributed by atoms with van der Waals surface area (Å²) in [7, 11) is 0. The van der Waals surface area contributed by atoms with E-state index >= 15 is 0 Å². The fraction of sp³-hybridized carbons (Fsp3) is 0.933. The maximum Gasteiger partial charge on any atom is 0.320 e. The predicted octanol–water partition coefficient (Wildman–Crippen LogP) is 1.94. The quantitative estimate of drug-likeness (QED) is 0.539. The normalized spacial score (nSPS) is 23.6. The Labute approximate surface area is 116 Å². The molecule has 2 aliphatic rings. The third-order valence-electron chi connectivity index (χ3n) is 4.02. The predicted molar refractivity (Wildman–Crippen MR) is 76.1 cm³/mol. The van der Waals surface area contributed by atoms with Crippen LogP contribution in [0.1, 0.15) is 51.9 Å². The molecular formula is C15H28N2O2. The summed E-state index contributed by atoms with van der Waals surface area (Å²) < 4.78 is 5.28. The Morgan fingerprint density at radius 2 is 2.16 bits per heavy atom. The van der Waals surface area contributed by atoms with Gasteiger partial charge in [0.1, 0.15) is 0 Å². The summed E-state index contributed by atoms with van der Waals surface area (Å²) in [6, 6.07) is 1.19. The number of rotatable bonds is 8. The zero-order valence-corrected chi connectivity index (χ0v) is 12.2. The molecule has 2 fully saturated rings. The number of hydrogen-bond donors (Lipinski definition) is 1. The van der Waals surface area contributed by atoms with E-state index in [1.54, 1.807) is 0 Å². The molecule has 1 unspecified atom stereocenters. The Morgan fingerprint density at radius 3 is 2.79 bits per heavy atom. The van der Waals surface area contributed by atoms with Crippen molar-refractivity contribution >= 4 is 5.97 Å². The highest BCUT2D eigenvalue weighted by molar-refractivity contribution is 5.71. The van der Waals surface area contributed by atoms with Gasteiger partial charge in [-0.15, -0.1) is 0 Å². The third-order valence-corrected chi connectivity index (χ3v) is 4.02. The van der Waals surface area contributed by atoms with Gasteiger partial charge in [0.15, 0.2) is 0 Å². The van der Waals surface area contributed by atoms with Crippen LogP contribution in [0.5, 0.6) is 0 Å². The first-order valence-electron chi connectivity index (χ1n) is 7.92. The van der Waals surface area contributed by atoms with E-state index in [9.17, 15) is 4.79 Å². The monoisotopic (exact) mass is 268 g/mol. The number of nitrogens with one attached hydrogen (secondary N) is 1. The Hall–Kier alpha value is -0.610. The van der Waals surface area contributed by atoms with Gasteiger partial charge in [-0.3, -0.25) is 9.69 Å². The van der Waals surface area contributed by atoms with Gasteiger partial charge in [-0.25, -0.2) is 0 Å². The molecule has 1 heterocycles. The lowest BCUT2D eigenvalue weighted by Crippen LogP contribution is -2.46. The summed E-state index contributed by atoms with van der Waals surface area (Å²) >= 11 is 0. The third kappa shape index (κ3) is 5.49. The first-order chi connectivity index (χ1) is 9.29. The smallest absolute Gasteiger partial charge is 0.320 e. The standard InChI is InChI=1S/C15H28N2O2/c1-2-3-10-19-15(18)12-17(14-7-8-14)11-13-6-4-5-9-16-13/h13-14,16H,2-12H2,1H3. The number of hydrogen-bond acceptors (Lipinski definition) is 4. The van der Waals surface area contributed by atoms with Crippen LogP contribution in [-0.2, 0) is 9.53 Å². The van der Waals surface area contributed by atoms with E-state index in [1.165, 1.54) is 32.1 Å². The van der Waals surface area contributed by atoms with Crippen LogP contribution in [0.25, 0.3) is 0 Å². The molecule has 0 spiro atoms. The molecule has 19 heavy (non-hydrogen) atoms. The minimum Gasteiger partial charge on any atom is -0.465 e. The maximum absolute atomic E-state index is 11.8. The van der Waals surface area contributed by atoms with Crippen molar-refractivity contribution in [1.29, 1.82) is 0 Å². The average Bonchev–Trinajstić information content (AvgIpc) is 3.24. The minimum atomic E-state index is -0.0452. The van der Waals surface area contributed by atoms with Crippen molar-refractivity contribution in [2.75, 3.05) is 26.2 Å². The van der Waals surface area contributed by atoms with Crippen LogP contribution in [0.2, 0.25) is 0 Å². The summed E-state index contributed by atoms with van der Waals surface area (Å²) in [6.07, 6.45) is 8.39. The number of nitrogens with zero attached hydrogens (tertiary/aromatic N) is 1. The fourth-order valence-electron chi connectivity index (χ4n) is 2.69. The molecule has 1 aliphatic carbocycles. The lowest BCUT2D eigenvalue weighted by atomic mass is 10.0. The van der Waals surface area contributed by atoms with Gasteiger partial charge in [-0.1, -0.05) is 19.8 Å². The van der Waals surface area contributed by atoms with Crippen LogP contribution in [0.3, 0.4) is 0 Å². The van der Waals surface area contributed by atoms with Gasteiger partial charge in [0.05, 0.1) is 13.2 Å². The summed E-state index contributed by atoms with van der Waals surface area (Å²) in [5, 5.41) is 3.56. The minimum absolute atomic E-state index is 0.0452. The molecule has 0 aromatic heterocycles. The number of esters is 1. The number of piperidine rings is 1. The summed E-state index contributed by atoms with van der Waals surface area (Å²) in [5.41, 5.74) is 0. The van der Waals surface area contributed by atoms with E-state index in [1.807, 2.05) is 0 Å². The molecular weight excluding hydrogens is 240 g/mol. The van der Waals surface area contributed by atoms with E-state index in [-0.39, 0.29) is 5.97 Å². The Bertz CT molecular complexity index is 273. The zero-order valence-electron chi connectivity index (χ0n) is 12.2. The highest BCUT2D eigenvalue weighted by atomic mass is 16.5. The van der Waals surface area contributed by atoms with Crippen LogP contribution in [0.4, 0.5) is 0 Å². The van der Waals surface area contributed by atoms with E-state index in [2.05, 4.69) is 17.1 Å². The molecule has 0 radical (unpaired) electrons. The van der Waals surface area contributed by atoms with Gasteiger partial charge in [-0.2, -0.15) is 0 Å². The number of carbonyl (C=O) groups excluding carboxylic acids is 1. The molecule has 110 valence electrons. The molecule has 0 aromatic rings. The van der Waals surface area contributed by atoms with Crippen LogP contribution < -0.4 is 5.32 Å². The van der Waals surface area contributed by atoms with Gasteiger partial charge in [0.2, 0.25) is 0 Å². The van der Waals surface area contributed by atoms with Crippen LogP contribution in [0.15, 0.2) is 0 Å². The Balaban J connectivity index is 1.71. The molecule has 4 nitrogen and oxygen atoms in total. The molecule has 2 rings (SSSR count). The molecule has 0 bridgehead atoms. The van der Waals surface area contributed by atoms with Gasteiger partial charge in [-0.05, 0) is 38.6 Å². The molecule has 1 atom stereocenters. The van der Waals surface area contributed by atoms with Gasteiger partial charge < -0.3 is 10.1 Å². The van der Waals surface area contributed by atoms with Gasteiger partial charge in [0.25, 0.3) is 0 Å². The number of carbonyl (C=O) groups is 1. The maximum atomic E-state index is 11.8. The molecule has 4 heteroatoms. The van der Waals surface area contributed by atoms with Gasteiger partial charge >= 0.3 is 5.97 Å². The van der Waals surface area contributed by atoms with E-state index in [4.69, 9.17) is 4.74 Å². The summed E-state index contributed by atoms with van der Waals surface area (Å²) in [6.45, 7) is 5.30. The van der Waals surface area contributed by atoms with Crippen molar-refractivity contribution in [2.45, 2.75) is 64.0 Å². The molecule has 1 saturated heterocycles. The van der Waals surface area contributed by atoms with E-state index in [0.29, 0.717) is 25.2 Å². The Morgan fingerprint density at radius 1 is 1.32 bits per heavy atom. The molecule has 0 aromatic carbocycles.